The van der Waals surface area contributed by atoms with Crippen molar-refractivity contribution in [3.8, 4) is 0 Å². The van der Waals surface area contributed by atoms with Gasteiger partial charge in [-0.05, 0) is 31.5 Å². The predicted octanol–water partition coefficient (Wildman–Crippen LogP) is 4.48. The van der Waals surface area contributed by atoms with Crippen LogP contribution in [0.15, 0.2) is 18.3 Å². The smallest absolute Gasteiger partial charge is 0.137 e. The number of nitrogens with one attached hydrogen (secondary N) is 1. The van der Waals surface area contributed by atoms with Gasteiger partial charge in [0.15, 0.2) is 0 Å². The van der Waals surface area contributed by atoms with E-state index in [2.05, 4.69) is 29.0 Å². The average Bonchev–Trinajstić information content (AvgIpc) is 2.72. The van der Waals surface area contributed by atoms with Crippen LogP contribution in [-0.4, -0.2) is 9.97 Å². The van der Waals surface area contributed by atoms with Crippen molar-refractivity contribution < 1.29 is 1.43 Å². The highest BCUT2D eigenvalue weighted by atomic mass is 14.8. The molecule has 0 amide bonds. The molecule has 0 spiro atoms. The zero-order chi connectivity index (χ0) is 11.8. The van der Waals surface area contributed by atoms with Gasteiger partial charge in [-0.3, -0.25) is 0 Å². The third-order valence-electron chi connectivity index (χ3n) is 1.86. The molecule has 0 aliphatic rings. The summed E-state index contributed by atoms with van der Waals surface area (Å²) in [6, 6.07) is 4.15. The molecule has 0 aliphatic carbocycles. The Morgan fingerprint density at radius 2 is 1.73 bits per heavy atom. The normalized spacial score (nSPS) is 8.67. The number of H-pyrrole nitrogens is 1. The van der Waals surface area contributed by atoms with Crippen LogP contribution in [0.25, 0.3) is 11.0 Å². The molecule has 0 saturated carbocycles. The molecular formula is C13H24N2. The molecule has 2 heterocycles. The fourth-order valence-corrected chi connectivity index (χ4v) is 1.37. The number of pyridine rings is 1. The first-order valence-corrected chi connectivity index (χ1v) is 5.69. The Balaban J connectivity index is 0. The highest BCUT2D eigenvalue weighted by Gasteiger charge is 1.98. The summed E-state index contributed by atoms with van der Waals surface area (Å²) in [7, 11) is 0. The molecule has 15 heavy (non-hydrogen) atoms. The first-order valence-electron chi connectivity index (χ1n) is 5.69. The van der Waals surface area contributed by atoms with Crippen LogP contribution in [0.5, 0.6) is 0 Å². The lowest BCUT2D eigenvalue weighted by atomic mass is 10.2. The molecule has 2 heteroatoms. The minimum atomic E-state index is 0. The maximum atomic E-state index is 4.34. The van der Waals surface area contributed by atoms with Gasteiger partial charge in [0.1, 0.15) is 5.65 Å². The standard InChI is InChI=1S/C9H10N2.2C2H6.H2/c1-6-5-7(2)11-9-8(6)3-4-10-9;2*1-2;/h3-5H,1-2H3,(H,10,11);2*1-2H3;1H. The van der Waals surface area contributed by atoms with Gasteiger partial charge in [0.05, 0.1) is 0 Å². The number of hydrogen-bond donors (Lipinski definition) is 1. The van der Waals surface area contributed by atoms with Gasteiger partial charge in [-0.15, -0.1) is 0 Å². The van der Waals surface area contributed by atoms with Crippen LogP contribution in [0.1, 0.15) is 40.4 Å². The van der Waals surface area contributed by atoms with E-state index in [1.165, 1.54) is 10.9 Å². The van der Waals surface area contributed by atoms with E-state index in [9.17, 15) is 0 Å². The van der Waals surface area contributed by atoms with Crippen molar-refractivity contribution in [1.29, 1.82) is 0 Å². The number of hydrogen-bond acceptors (Lipinski definition) is 1. The molecule has 0 bridgehead atoms. The fraction of sp³-hybridized carbons (Fsp3) is 0.462. The highest BCUT2D eigenvalue weighted by molar-refractivity contribution is 5.79. The van der Waals surface area contributed by atoms with Gasteiger partial charge in [0.25, 0.3) is 0 Å². The Morgan fingerprint density at radius 1 is 1.13 bits per heavy atom. The Morgan fingerprint density at radius 3 is 2.33 bits per heavy atom. The van der Waals surface area contributed by atoms with Gasteiger partial charge < -0.3 is 4.98 Å². The maximum absolute atomic E-state index is 4.34. The monoisotopic (exact) mass is 208 g/mol. The molecule has 2 rings (SSSR count). The summed E-state index contributed by atoms with van der Waals surface area (Å²) >= 11 is 0. The molecule has 0 aliphatic heterocycles. The second kappa shape index (κ2) is 7.04. The number of fused-ring (bicyclic) bond motifs is 1. The van der Waals surface area contributed by atoms with Crippen LogP contribution in [0, 0.1) is 13.8 Å². The van der Waals surface area contributed by atoms with E-state index in [1.807, 2.05) is 40.8 Å². The van der Waals surface area contributed by atoms with Crippen molar-refractivity contribution >= 4 is 11.0 Å². The summed E-state index contributed by atoms with van der Waals surface area (Å²) in [6.07, 6.45) is 1.92. The molecule has 0 saturated heterocycles. The Hall–Kier alpha value is -1.31. The molecule has 2 nitrogen and oxygen atoms in total. The number of aryl methyl sites for hydroxylation is 2. The van der Waals surface area contributed by atoms with E-state index in [-0.39, 0.29) is 1.43 Å². The van der Waals surface area contributed by atoms with Crippen LogP contribution in [0.2, 0.25) is 0 Å². The van der Waals surface area contributed by atoms with Crippen molar-refractivity contribution in [2.75, 3.05) is 0 Å². The summed E-state index contributed by atoms with van der Waals surface area (Å²) < 4.78 is 0. The first kappa shape index (κ1) is 13.7. The van der Waals surface area contributed by atoms with Crippen LogP contribution in [-0.2, 0) is 0 Å². The predicted molar refractivity (Wildman–Crippen MR) is 70.4 cm³/mol. The zero-order valence-corrected chi connectivity index (χ0v) is 10.7. The number of aromatic nitrogens is 2. The molecular weight excluding hydrogens is 184 g/mol. The van der Waals surface area contributed by atoms with Gasteiger partial charge in [-0.1, -0.05) is 27.7 Å². The summed E-state index contributed by atoms with van der Waals surface area (Å²) in [6.45, 7) is 12.1. The number of aromatic amines is 1. The molecule has 0 fully saturated rings. The Bertz CT molecular complexity index is 394. The minimum absolute atomic E-state index is 0. The molecule has 1 N–H and O–H groups in total. The molecule has 2 aromatic heterocycles. The maximum Gasteiger partial charge on any atom is 0.137 e. The van der Waals surface area contributed by atoms with Gasteiger partial charge >= 0.3 is 0 Å². The summed E-state index contributed by atoms with van der Waals surface area (Å²) in [5.74, 6) is 0. The minimum Gasteiger partial charge on any atom is -0.346 e. The first-order chi connectivity index (χ1) is 7.27. The number of nitrogens with zero attached hydrogens (tertiary/aromatic N) is 1. The molecule has 0 aromatic carbocycles. The van der Waals surface area contributed by atoms with E-state index in [0.717, 1.165) is 11.3 Å². The van der Waals surface area contributed by atoms with Gasteiger partial charge in [0, 0.05) is 18.7 Å². The Kier molecular flexibility index (Phi) is 6.43. The van der Waals surface area contributed by atoms with Gasteiger partial charge in [-0.25, -0.2) is 4.98 Å². The lowest BCUT2D eigenvalue weighted by Gasteiger charge is -1.96. The lowest BCUT2D eigenvalue weighted by Crippen LogP contribution is -1.84. The van der Waals surface area contributed by atoms with Crippen molar-refractivity contribution in [3.63, 3.8) is 0 Å². The third-order valence-corrected chi connectivity index (χ3v) is 1.86. The summed E-state index contributed by atoms with van der Waals surface area (Å²) in [5, 5.41) is 1.22. The van der Waals surface area contributed by atoms with E-state index < -0.39 is 0 Å². The summed E-state index contributed by atoms with van der Waals surface area (Å²) in [4.78, 5) is 7.43. The molecule has 0 unspecified atom stereocenters. The quantitative estimate of drug-likeness (QED) is 0.679. The topological polar surface area (TPSA) is 28.7 Å². The lowest BCUT2D eigenvalue weighted by molar-refractivity contribution is 1.21. The molecule has 0 atom stereocenters. The van der Waals surface area contributed by atoms with Crippen molar-refractivity contribution in [1.82, 2.24) is 9.97 Å². The van der Waals surface area contributed by atoms with Crippen molar-refractivity contribution in [3.05, 3.63) is 29.6 Å². The van der Waals surface area contributed by atoms with E-state index in [4.69, 9.17) is 0 Å². The van der Waals surface area contributed by atoms with Crippen LogP contribution in [0.3, 0.4) is 0 Å². The van der Waals surface area contributed by atoms with Gasteiger partial charge in [-0.2, -0.15) is 0 Å². The van der Waals surface area contributed by atoms with Crippen LogP contribution < -0.4 is 0 Å². The fourth-order valence-electron chi connectivity index (χ4n) is 1.37. The second-order valence-corrected chi connectivity index (χ2v) is 2.82. The van der Waals surface area contributed by atoms with E-state index >= 15 is 0 Å². The third kappa shape index (κ3) is 3.39. The molecule has 0 radical (unpaired) electrons. The van der Waals surface area contributed by atoms with Crippen LogP contribution in [0.4, 0.5) is 0 Å². The number of rotatable bonds is 0. The Labute approximate surface area is 94.2 Å². The van der Waals surface area contributed by atoms with Gasteiger partial charge in [0.2, 0.25) is 0 Å². The SMILES string of the molecule is CC.CC.Cc1cc(C)c2cc[nH]c2n1.[HH]. The van der Waals surface area contributed by atoms with E-state index in [1.54, 1.807) is 0 Å². The largest absolute Gasteiger partial charge is 0.346 e. The average molecular weight is 208 g/mol. The van der Waals surface area contributed by atoms with E-state index in [0.29, 0.717) is 0 Å². The highest BCUT2D eigenvalue weighted by Crippen LogP contribution is 2.15. The second-order valence-electron chi connectivity index (χ2n) is 2.82. The molecule has 86 valence electrons. The molecule has 2 aromatic rings. The van der Waals surface area contributed by atoms with Crippen molar-refractivity contribution in [2.45, 2.75) is 41.5 Å². The summed E-state index contributed by atoms with van der Waals surface area (Å²) in [5.41, 5.74) is 3.34. The van der Waals surface area contributed by atoms with Crippen molar-refractivity contribution in [2.24, 2.45) is 0 Å². The zero-order valence-electron chi connectivity index (χ0n) is 10.7. The van der Waals surface area contributed by atoms with Crippen LogP contribution >= 0.6 is 0 Å².